The second kappa shape index (κ2) is 9.00. The monoisotopic (exact) mass is 572 g/mol. The lowest BCUT2D eigenvalue weighted by molar-refractivity contribution is 0.418. The van der Waals surface area contributed by atoms with Crippen molar-refractivity contribution in [3.8, 4) is 11.5 Å². The van der Waals surface area contributed by atoms with Gasteiger partial charge in [-0.25, -0.2) is 0 Å². The molecule has 1 aliphatic rings. The summed E-state index contributed by atoms with van der Waals surface area (Å²) in [6.07, 6.45) is 0. The maximum absolute atomic E-state index is 16.1. The van der Waals surface area contributed by atoms with E-state index in [1.807, 2.05) is 24.3 Å². The minimum Gasteiger partial charge on any atom is -0.455 e. The Balaban J connectivity index is 1.93. The van der Waals surface area contributed by atoms with Crippen LogP contribution in [0.15, 0.2) is 65.1 Å². The second-order valence-electron chi connectivity index (χ2n) is 11.1. The first kappa shape index (κ1) is 26.0. The van der Waals surface area contributed by atoms with Crippen molar-refractivity contribution in [3.63, 3.8) is 0 Å². The van der Waals surface area contributed by atoms with Gasteiger partial charge >= 0.3 is 0 Å². The fourth-order valence-electron chi connectivity index (χ4n) is 6.42. The fourth-order valence-corrected chi connectivity index (χ4v) is 10.6. The fraction of sp³-hybridized carbons (Fsp3) is 0.273. The number of para-hydroxylation sites is 2. The van der Waals surface area contributed by atoms with Crippen LogP contribution >= 0.6 is 23.1 Å². The molecule has 2 nitrogen and oxygen atoms in total. The van der Waals surface area contributed by atoms with E-state index in [9.17, 15) is 0 Å². The van der Waals surface area contributed by atoms with Crippen LogP contribution < -0.4 is 20.7 Å². The van der Waals surface area contributed by atoms with Gasteiger partial charge in [0.05, 0.1) is 9.78 Å². The summed E-state index contributed by atoms with van der Waals surface area (Å²) in [5, 5.41) is 2.60. The number of ether oxygens (including phenoxy) is 1. The quantitative estimate of drug-likeness (QED) is 0.230. The van der Waals surface area contributed by atoms with E-state index in [0.717, 1.165) is 59.5 Å². The van der Waals surface area contributed by atoms with Crippen LogP contribution in [0.1, 0.15) is 58.4 Å². The molecule has 0 bridgehead atoms. The molecule has 0 saturated heterocycles. The first-order valence-electron chi connectivity index (χ1n) is 12.7. The van der Waals surface area contributed by atoms with Crippen molar-refractivity contribution in [2.45, 2.75) is 60.8 Å². The molecule has 0 aliphatic carbocycles. The Morgan fingerprint density at radius 1 is 0.676 bits per heavy atom. The number of halogens is 1. The standard InChI is InChI=1S/C33H34BrO2P/c1-19-15-21(3)31(22(4)16-19)37(35,32-23(5)17-20(2)18-24(32)6)28-14-10-12-26-30(28)36-29-25(33(26,7)8)11-9-13-27(29)34/h9-18H,1-8H3. The summed E-state index contributed by atoms with van der Waals surface area (Å²) in [5.41, 5.74) is 8.41. The largest absolute Gasteiger partial charge is 0.455 e. The summed E-state index contributed by atoms with van der Waals surface area (Å²) < 4.78 is 23.8. The third-order valence-corrected chi connectivity index (χ3v) is 12.1. The van der Waals surface area contributed by atoms with Gasteiger partial charge < -0.3 is 9.30 Å². The van der Waals surface area contributed by atoms with Crippen molar-refractivity contribution in [1.29, 1.82) is 0 Å². The summed E-state index contributed by atoms with van der Waals surface area (Å²) in [6, 6.07) is 21.0. The number of benzene rings is 4. The van der Waals surface area contributed by atoms with E-state index in [-0.39, 0.29) is 5.41 Å². The zero-order chi connectivity index (χ0) is 26.9. The Hall–Kier alpha value is -2.61. The molecule has 0 atom stereocenters. The van der Waals surface area contributed by atoms with Crippen molar-refractivity contribution in [2.24, 2.45) is 0 Å². The van der Waals surface area contributed by atoms with Crippen LogP contribution in [0.3, 0.4) is 0 Å². The Bertz CT molecular complexity index is 1520. The van der Waals surface area contributed by atoms with Crippen LogP contribution in [0, 0.1) is 41.5 Å². The SMILES string of the molecule is Cc1cc(C)c(P(=O)(c2cccc3c2Oc2c(Br)cccc2C3(C)C)c2c(C)cc(C)cc2C)c(C)c1. The molecule has 0 unspecified atom stereocenters. The lowest BCUT2D eigenvalue weighted by atomic mass is 9.76. The van der Waals surface area contributed by atoms with Crippen LogP contribution in [-0.4, -0.2) is 0 Å². The number of fused-ring (bicyclic) bond motifs is 2. The molecule has 4 heteroatoms. The maximum atomic E-state index is 16.1. The summed E-state index contributed by atoms with van der Waals surface area (Å²) in [7, 11) is -3.35. The zero-order valence-electron chi connectivity index (χ0n) is 22.9. The molecular formula is C33H34BrO2P. The molecule has 0 saturated carbocycles. The predicted octanol–water partition coefficient (Wildman–Crippen LogP) is 8.37. The molecule has 0 spiro atoms. The number of aryl methyl sites for hydroxylation is 6. The highest BCUT2D eigenvalue weighted by atomic mass is 79.9. The van der Waals surface area contributed by atoms with Crippen molar-refractivity contribution in [2.75, 3.05) is 0 Å². The Labute approximate surface area is 229 Å². The highest BCUT2D eigenvalue weighted by Crippen LogP contribution is 2.55. The van der Waals surface area contributed by atoms with Crippen LogP contribution in [0.4, 0.5) is 0 Å². The smallest absolute Gasteiger partial charge is 0.175 e. The molecule has 4 aromatic carbocycles. The summed E-state index contributed by atoms with van der Waals surface area (Å²) in [4.78, 5) is 0. The van der Waals surface area contributed by atoms with Crippen LogP contribution in [0.5, 0.6) is 11.5 Å². The van der Waals surface area contributed by atoms with E-state index < -0.39 is 7.14 Å². The molecule has 190 valence electrons. The van der Waals surface area contributed by atoms with E-state index >= 15 is 4.57 Å². The molecule has 0 amide bonds. The third-order valence-electron chi connectivity index (χ3n) is 7.75. The first-order valence-corrected chi connectivity index (χ1v) is 15.2. The van der Waals surface area contributed by atoms with Gasteiger partial charge in [-0.1, -0.05) is 73.5 Å². The van der Waals surface area contributed by atoms with Crippen molar-refractivity contribution in [1.82, 2.24) is 0 Å². The maximum Gasteiger partial charge on any atom is 0.175 e. The lowest BCUT2D eigenvalue weighted by Crippen LogP contribution is -2.34. The van der Waals surface area contributed by atoms with E-state index in [1.165, 1.54) is 11.1 Å². The average molecular weight is 574 g/mol. The van der Waals surface area contributed by atoms with E-state index in [0.29, 0.717) is 5.75 Å². The van der Waals surface area contributed by atoms with Gasteiger partial charge in [-0.15, -0.1) is 0 Å². The number of hydrogen-bond donors (Lipinski definition) is 0. The van der Waals surface area contributed by atoms with Crippen LogP contribution in [0.25, 0.3) is 0 Å². The molecular weight excluding hydrogens is 539 g/mol. The summed E-state index contributed by atoms with van der Waals surface area (Å²) in [6.45, 7) is 17.0. The highest BCUT2D eigenvalue weighted by Gasteiger charge is 2.43. The van der Waals surface area contributed by atoms with E-state index in [1.54, 1.807) is 0 Å². The summed E-state index contributed by atoms with van der Waals surface area (Å²) >= 11 is 3.72. The normalized spacial score (nSPS) is 14.1. The minimum atomic E-state index is -3.35. The Morgan fingerprint density at radius 3 is 1.59 bits per heavy atom. The number of hydrogen-bond acceptors (Lipinski definition) is 2. The van der Waals surface area contributed by atoms with Gasteiger partial charge in [-0.05, 0) is 91.9 Å². The van der Waals surface area contributed by atoms with Crippen molar-refractivity contribution >= 4 is 39.0 Å². The summed E-state index contributed by atoms with van der Waals surface area (Å²) in [5.74, 6) is 1.52. The van der Waals surface area contributed by atoms with Gasteiger partial charge in [0.2, 0.25) is 0 Å². The molecule has 0 N–H and O–H groups in total. The first-order chi connectivity index (χ1) is 17.4. The Morgan fingerprint density at radius 2 is 1.11 bits per heavy atom. The highest BCUT2D eigenvalue weighted by molar-refractivity contribution is 9.10. The topological polar surface area (TPSA) is 26.3 Å². The van der Waals surface area contributed by atoms with Crippen LogP contribution in [-0.2, 0) is 9.98 Å². The number of rotatable bonds is 3. The van der Waals surface area contributed by atoms with Crippen molar-refractivity contribution in [3.05, 3.63) is 110 Å². The predicted molar refractivity (Wildman–Crippen MR) is 161 cm³/mol. The van der Waals surface area contributed by atoms with Crippen molar-refractivity contribution < 1.29 is 9.30 Å². The molecule has 1 aliphatic heterocycles. The molecule has 37 heavy (non-hydrogen) atoms. The van der Waals surface area contributed by atoms with Gasteiger partial charge in [0.15, 0.2) is 7.14 Å². The molecule has 4 aromatic rings. The lowest BCUT2D eigenvalue weighted by Gasteiger charge is -2.37. The molecule has 0 radical (unpaired) electrons. The van der Waals surface area contributed by atoms with E-state index in [4.69, 9.17) is 4.74 Å². The van der Waals surface area contributed by atoms with Gasteiger partial charge in [0.25, 0.3) is 0 Å². The third kappa shape index (κ3) is 3.94. The second-order valence-corrected chi connectivity index (χ2v) is 14.6. The molecule has 1 heterocycles. The average Bonchev–Trinajstić information content (AvgIpc) is 2.78. The van der Waals surface area contributed by atoms with Crippen LogP contribution in [0.2, 0.25) is 0 Å². The van der Waals surface area contributed by atoms with Gasteiger partial charge in [0, 0.05) is 27.2 Å². The Kier molecular flexibility index (Phi) is 6.33. The van der Waals surface area contributed by atoms with E-state index in [2.05, 4.69) is 108 Å². The molecule has 5 rings (SSSR count). The van der Waals surface area contributed by atoms with Gasteiger partial charge in [0.1, 0.15) is 11.5 Å². The molecule has 0 fully saturated rings. The van der Waals surface area contributed by atoms with Gasteiger partial charge in [-0.3, -0.25) is 0 Å². The molecule has 0 aromatic heterocycles. The minimum absolute atomic E-state index is 0.317. The zero-order valence-corrected chi connectivity index (χ0v) is 25.4. The van der Waals surface area contributed by atoms with Gasteiger partial charge in [-0.2, -0.15) is 0 Å².